The molecule has 13 heavy (non-hydrogen) atoms. The minimum Gasteiger partial charge on any atom is -0.381 e. The lowest BCUT2D eigenvalue weighted by atomic mass is 9.97. The maximum atomic E-state index is 9.25. The van der Waals surface area contributed by atoms with Gasteiger partial charge in [0.2, 0.25) is 5.79 Å². The molecule has 5 nitrogen and oxygen atoms in total. The zero-order valence-corrected chi connectivity index (χ0v) is 7.74. The van der Waals surface area contributed by atoms with Crippen molar-refractivity contribution in [3.05, 3.63) is 0 Å². The van der Waals surface area contributed by atoms with Gasteiger partial charge < -0.3 is 14.6 Å². The quantitative estimate of drug-likeness (QED) is 0.558. The topological polar surface area (TPSA) is 57.8 Å². The maximum Gasteiger partial charge on any atom is 0.260 e. The van der Waals surface area contributed by atoms with Crippen LogP contribution in [-0.4, -0.2) is 47.2 Å². The average molecular weight is 187 g/mol. The van der Waals surface area contributed by atoms with Gasteiger partial charge in [0.1, 0.15) is 19.9 Å². The van der Waals surface area contributed by atoms with Gasteiger partial charge in [-0.15, -0.1) is 0 Å². The molecule has 0 saturated carbocycles. The SMILES string of the molecule is CC1(C)N(CO)C2(CO2)OC12CO2. The molecule has 0 aliphatic carbocycles. The van der Waals surface area contributed by atoms with E-state index in [0.717, 1.165) is 0 Å². The molecule has 3 heterocycles. The van der Waals surface area contributed by atoms with Gasteiger partial charge in [-0.25, -0.2) is 4.90 Å². The van der Waals surface area contributed by atoms with E-state index in [1.54, 1.807) is 4.90 Å². The smallest absolute Gasteiger partial charge is 0.260 e. The molecule has 1 N–H and O–H groups in total. The van der Waals surface area contributed by atoms with Crippen LogP contribution >= 0.6 is 0 Å². The molecule has 0 amide bonds. The first-order chi connectivity index (χ1) is 6.06. The lowest BCUT2D eigenvalue weighted by molar-refractivity contribution is -0.142. The molecule has 74 valence electrons. The number of epoxide rings is 2. The van der Waals surface area contributed by atoms with Gasteiger partial charge in [-0.05, 0) is 13.8 Å². The van der Waals surface area contributed by atoms with Gasteiger partial charge in [0.25, 0.3) is 5.91 Å². The summed E-state index contributed by atoms with van der Waals surface area (Å²) in [6.45, 7) is 5.01. The molecule has 3 saturated heterocycles. The van der Waals surface area contributed by atoms with Crippen LogP contribution in [0.1, 0.15) is 13.8 Å². The number of nitrogens with zero attached hydrogens (tertiary/aromatic N) is 1. The number of ether oxygens (including phenoxy) is 3. The van der Waals surface area contributed by atoms with Crippen LogP contribution in [-0.2, 0) is 14.2 Å². The molecule has 3 fully saturated rings. The summed E-state index contributed by atoms with van der Waals surface area (Å²) in [5, 5.41) is 9.25. The lowest BCUT2D eigenvalue weighted by Crippen LogP contribution is -2.50. The first kappa shape index (κ1) is 8.14. The van der Waals surface area contributed by atoms with E-state index in [-0.39, 0.29) is 12.3 Å². The Labute approximate surface area is 76.2 Å². The van der Waals surface area contributed by atoms with Gasteiger partial charge >= 0.3 is 0 Å². The largest absolute Gasteiger partial charge is 0.381 e. The molecule has 0 aromatic heterocycles. The summed E-state index contributed by atoms with van der Waals surface area (Å²) in [5.41, 5.74) is -0.321. The number of hydrogen-bond acceptors (Lipinski definition) is 5. The monoisotopic (exact) mass is 187 g/mol. The summed E-state index contributed by atoms with van der Waals surface area (Å²) in [5.74, 6) is -1.25. The van der Waals surface area contributed by atoms with Crippen molar-refractivity contribution in [2.45, 2.75) is 31.1 Å². The van der Waals surface area contributed by atoms with Crippen LogP contribution in [0.15, 0.2) is 0 Å². The highest BCUT2D eigenvalue weighted by Gasteiger charge is 2.78. The van der Waals surface area contributed by atoms with Crippen LogP contribution in [0.25, 0.3) is 0 Å². The lowest BCUT2D eigenvalue weighted by Gasteiger charge is -2.30. The highest BCUT2D eigenvalue weighted by molar-refractivity contribution is 5.13. The molecule has 3 rings (SSSR count). The van der Waals surface area contributed by atoms with Crippen molar-refractivity contribution in [1.82, 2.24) is 4.90 Å². The summed E-state index contributed by atoms with van der Waals surface area (Å²) in [4.78, 5) is 1.80. The molecule has 5 heteroatoms. The molecular weight excluding hydrogens is 174 g/mol. The third-order valence-electron chi connectivity index (χ3n) is 3.28. The minimum absolute atomic E-state index is 0.0713. The van der Waals surface area contributed by atoms with Gasteiger partial charge in [-0.2, -0.15) is 0 Å². The second kappa shape index (κ2) is 1.92. The predicted molar refractivity (Wildman–Crippen MR) is 41.5 cm³/mol. The van der Waals surface area contributed by atoms with Crippen molar-refractivity contribution < 1.29 is 19.3 Å². The van der Waals surface area contributed by atoms with Crippen molar-refractivity contribution >= 4 is 0 Å². The van der Waals surface area contributed by atoms with E-state index in [9.17, 15) is 5.11 Å². The van der Waals surface area contributed by atoms with E-state index in [4.69, 9.17) is 14.2 Å². The average Bonchev–Trinajstić information content (AvgIpc) is 2.89. The van der Waals surface area contributed by atoms with Crippen molar-refractivity contribution in [1.29, 1.82) is 0 Å². The predicted octanol–water partition coefficient (Wildman–Crippen LogP) is -0.543. The minimum atomic E-state index is -0.700. The zero-order valence-electron chi connectivity index (χ0n) is 7.74. The summed E-state index contributed by atoms with van der Waals surface area (Å²) >= 11 is 0. The third kappa shape index (κ3) is 0.753. The summed E-state index contributed by atoms with van der Waals surface area (Å²) < 4.78 is 16.3. The first-order valence-electron chi connectivity index (χ1n) is 4.43. The van der Waals surface area contributed by atoms with Gasteiger partial charge in [0, 0.05) is 0 Å². The van der Waals surface area contributed by atoms with E-state index >= 15 is 0 Å². The van der Waals surface area contributed by atoms with Crippen LogP contribution in [0.2, 0.25) is 0 Å². The molecule has 3 aliphatic rings. The summed E-state index contributed by atoms with van der Waals surface area (Å²) in [6.07, 6.45) is 0. The first-order valence-corrected chi connectivity index (χ1v) is 4.43. The van der Waals surface area contributed by atoms with E-state index in [2.05, 4.69) is 0 Å². The Morgan fingerprint density at radius 2 is 1.92 bits per heavy atom. The number of rotatable bonds is 1. The maximum absolute atomic E-state index is 9.25. The van der Waals surface area contributed by atoms with Crippen LogP contribution in [0.4, 0.5) is 0 Å². The summed E-state index contributed by atoms with van der Waals surface area (Å²) in [6, 6.07) is 0. The Morgan fingerprint density at radius 1 is 1.31 bits per heavy atom. The van der Waals surface area contributed by atoms with Gasteiger partial charge in [-0.1, -0.05) is 0 Å². The van der Waals surface area contributed by atoms with Crippen molar-refractivity contribution in [3.8, 4) is 0 Å². The zero-order chi connectivity index (χ0) is 9.32. The third-order valence-corrected chi connectivity index (χ3v) is 3.28. The standard InChI is InChI=1S/C8H13NO4/c1-6(2)7(3-11-7)13-8(4-12-8)9(6)5-10/h10H,3-5H2,1-2H3. The van der Waals surface area contributed by atoms with Gasteiger partial charge in [-0.3, -0.25) is 4.74 Å². The summed E-state index contributed by atoms with van der Waals surface area (Å²) in [7, 11) is 0. The van der Waals surface area contributed by atoms with E-state index in [0.29, 0.717) is 13.2 Å². The number of aliphatic hydroxyl groups is 1. The second-order valence-corrected chi connectivity index (χ2v) is 4.27. The molecule has 0 aromatic rings. The molecule has 0 aromatic carbocycles. The fourth-order valence-corrected chi connectivity index (χ4v) is 2.11. The highest BCUT2D eigenvalue weighted by Crippen LogP contribution is 2.58. The van der Waals surface area contributed by atoms with E-state index in [1.807, 2.05) is 13.8 Å². The normalized spacial score (nSPS) is 51.9. The molecule has 2 atom stereocenters. The van der Waals surface area contributed by atoms with Crippen molar-refractivity contribution in [2.24, 2.45) is 0 Å². The Kier molecular flexibility index (Phi) is 1.20. The number of aliphatic hydroxyl groups excluding tert-OH is 1. The molecule has 3 aliphatic heterocycles. The van der Waals surface area contributed by atoms with Crippen LogP contribution < -0.4 is 0 Å². The Balaban J connectivity index is 1.99. The molecule has 2 spiro atoms. The molecule has 0 bridgehead atoms. The van der Waals surface area contributed by atoms with E-state index in [1.165, 1.54) is 0 Å². The van der Waals surface area contributed by atoms with Crippen LogP contribution in [0, 0.1) is 0 Å². The molecule has 0 radical (unpaired) electrons. The van der Waals surface area contributed by atoms with Gasteiger partial charge in [0.15, 0.2) is 0 Å². The molecular formula is C8H13NO4. The Hall–Kier alpha value is -0.200. The fourth-order valence-electron chi connectivity index (χ4n) is 2.11. The number of hydrogen-bond donors (Lipinski definition) is 1. The van der Waals surface area contributed by atoms with Crippen molar-refractivity contribution in [2.75, 3.05) is 19.9 Å². The van der Waals surface area contributed by atoms with E-state index < -0.39 is 11.7 Å². The van der Waals surface area contributed by atoms with Crippen LogP contribution in [0.5, 0.6) is 0 Å². The molecule has 2 unspecified atom stereocenters. The van der Waals surface area contributed by atoms with Crippen LogP contribution in [0.3, 0.4) is 0 Å². The van der Waals surface area contributed by atoms with Gasteiger partial charge in [0.05, 0.1) is 5.54 Å². The Bertz CT molecular complexity index is 257. The second-order valence-electron chi connectivity index (χ2n) is 4.27. The van der Waals surface area contributed by atoms with Crippen molar-refractivity contribution in [3.63, 3.8) is 0 Å². The highest BCUT2D eigenvalue weighted by atomic mass is 16.9. The Morgan fingerprint density at radius 3 is 2.23 bits per heavy atom. The fraction of sp³-hybridized carbons (Fsp3) is 1.00.